The molecule has 0 unspecified atom stereocenters. The van der Waals surface area contributed by atoms with Gasteiger partial charge in [-0.05, 0) is 37.3 Å². The van der Waals surface area contributed by atoms with Crippen LogP contribution in [0.25, 0.3) is 0 Å². The van der Waals surface area contributed by atoms with Crippen LogP contribution < -0.4 is 0 Å². The molecule has 0 aliphatic carbocycles. The van der Waals surface area contributed by atoms with Crippen molar-refractivity contribution in [3.63, 3.8) is 0 Å². The topological polar surface area (TPSA) is 78.5 Å². The molecule has 0 saturated carbocycles. The van der Waals surface area contributed by atoms with E-state index < -0.39 is 0 Å². The highest BCUT2D eigenvalue weighted by Gasteiger charge is 2.27. The van der Waals surface area contributed by atoms with Crippen LogP contribution in [0.3, 0.4) is 0 Å². The molecule has 7 nitrogen and oxygen atoms in total. The van der Waals surface area contributed by atoms with E-state index in [-0.39, 0.29) is 17.7 Å². The summed E-state index contributed by atoms with van der Waals surface area (Å²) in [6, 6.07) is 12.2. The molecule has 1 atom stereocenters. The maximum Gasteiger partial charge on any atom is 0.274 e. The molecule has 2 fully saturated rings. The molecule has 2 amide bonds. The minimum atomic E-state index is -0.0505. The standard InChI is InChI=1S/C23H30N4O3/c28-22(10-4-8-18-6-2-1-3-7-18)27-11-5-9-19(17-27)20-16-21(25-24-20)23(29)26-12-14-30-15-13-26/h1-3,6-7,16,19H,4-5,8-15,17H2,(H,24,25)/t19-/m0/s1. The maximum atomic E-state index is 12.7. The van der Waals surface area contributed by atoms with Gasteiger partial charge in [-0.1, -0.05) is 30.3 Å². The molecular formula is C23H30N4O3. The summed E-state index contributed by atoms with van der Waals surface area (Å²) >= 11 is 0. The van der Waals surface area contributed by atoms with Crippen LogP contribution in [-0.2, 0) is 16.0 Å². The average Bonchev–Trinajstić information content (AvgIpc) is 3.30. The van der Waals surface area contributed by atoms with E-state index in [1.165, 1.54) is 5.56 Å². The van der Waals surface area contributed by atoms with Crippen molar-refractivity contribution >= 4 is 11.8 Å². The lowest BCUT2D eigenvalue weighted by Gasteiger charge is -2.32. The number of nitrogens with zero attached hydrogens (tertiary/aromatic N) is 3. The monoisotopic (exact) mass is 410 g/mol. The molecule has 2 aliphatic heterocycles. The van der Waals surface area contributed by atoms with Gasteiger partial charge in [0.25, 0.3) is 5.91 Å². The Kier molecular flexibility index (Phi) is 6.79. The number of likely N-dealkylation sites (tertiary alicyclic amines) is 1. The quantitative estimate of drug-likeness (QED) is 0.794. The molecule has 4 rings (SSSR count). The highest BCUT2D eigenvalue weighted by molar-refractivity contribution is 5.92. The summed E-state index contributed by atoms with van der Waals surface area (Å²) in [5.74, 6) is 0.376. The number of nitrogens with one attached hydrogen (secondary N) is 1. The first-order chi connectivity index (χ1) is 14.7. The summed E-state index contributed by atoms with van der Waals surface area (Å²) in [5, 5.41) is 7.31. The summed E-state index contributed by atoms with van der Waals surface area (Å²) in [4.78, 5) is 29.1. The van der Waals surface area contributed by atoms with E-state index in [0.29, 0.717) is 45.0 Å². The Hall–Kier alpha value is -2.67. The van der Waals surface area contributed by atoms with Gasteiger partial charge in [-0.2, -0.15) is 5.10 Å². The molecule has 2 aliphatic rings. The number of ether oxygens (including phenoxy) is 1. The van der Waals surface area contributed by atoms with Gasteiger partial charge in [0, 0.05) is 44.2 Å². The lowest BCUT2D eigenvalue weighted by Crippen LogP contribution is -2.40. The number of H-pyrrole nitrogens is 1. The first kappa shape index (κ1) is 20.6. The van der Waals surface area contributed by atoms with E-state index in [9.17, 15) is 9.59 Å². The van der Waals surface area contributed by atoms with E-state index in [1.807, 2.05) is 29.2 Å². The molecule has 2 aromatic rings. The number of amides is 2. The van der Waals surface area contributed by atoms with E-state index in [0.717, 1.165) is 37.9 Å². The fourth-order valence-electron chi connectivity index (χ4n) is 4.29. The Morgan fingerprint density at radius 3 is 2.70 bits per heavy atom. The molecule has 1 aromatic carbocycles. The van der Waals surface area contributed by atoms with E-state index >= 15 is 0 Å². The van der Waals surface area contributed by atoms with E-state index in [4.69, 9.17) is 4.74 Å². The molecule has 2 saturated heterocycles. The van der Waals surface area contributed by atoms with Crippen LogP contribution in [0.1, 0.15) is 53.3 Å². The lowest BCUT2D eigenvalue weighted by molar-refractivity contribution is -0.132. The second-order valence-corrected chi connectivity index (χ2v) is 8.13. The van der Waals surface area contributed by atoms with Crippen molar-refractivity contribution in [2.75, 3.05) is 39.4 Å². The zero-order valence-electron chi connectivity index (χ0n) is 17.4. The number of morpholine rings is 1. The fourth-order valence-corrected chi connectivity index (χ4v) is 4.29. The van der Waals surface area contributed by atoms with Gasteiger partial charge in [-0.15, -0.1) is 0 Å². The Bertz CT molecular complexity index is 845. The van der Waals surface area contributed by atoms with Crippen molar-refractivity contribution in [1.82, 2.24) is 20.0 Å². The lowest BCUT2D eigenvalue weighted by atomic mass is 9.94. The predicted molar refractivity (Wildman–Crippen MR) is 113 cm³/mol. The van der Waals surface area contributed by atoms with Crippen LogP contribution in [0, 0.1) is 0 Å². The minimum absolute atomic E-state index is 0.0505. The first-order valence-corrected chi connectivity index (χ1v) is 10.9. The highest BCUT2D eigenvalue weighted by atomic mass is 16.5. The van der Waals surface area contributed by atoms with Crippen LogP contribution in [0.4, 0.5) is 0 Å². The molecule has 3 heterocycles. The molecular weight excluding hydrogens is 380 g/mol. The predicted octanol–water partition coefficient (Wildman–Crippen LogP) is 2.61. The number of benzene rings is 1. The summed E-state index contributed by atoms with van der Waals surface area (Å²) in [6.45, 7) is 3.87. The normalized spacial score (nSPS) is 19.7. The first-order valence-electron chi connectivity index (χ1n) is 10.9. The van der Waals surface area contributed by atoms with Gasteiger partial charge >= 0.3 is 0 Å². The van der Waals surface area contributed by atoms with Gasteiger partial charge in [-0.25, -0.2) is 0 Å². The van der Waals surface area contributed by atoms with Crippen molar-refractivity contribution in [3.8, 4) is 0 Å². The number of carbonyl (C=O) groups is 2. The zero-order chi connectivity index (χ0) is 20.8. The minimum Gasteiger partial charge on any atom is -0.378 e. The molecule has 7 heteroatoms. The van der Waals surface area contributed by atoms with Gasteiger partial charge in [0.05, 0.1) is 13.2 Å². The van der Waals surface area contributed by atoms with Crippen molar-refractivity contribution in [1.29, 1.82) is 0 Å². The van der Waals surface area contributed by atoms with Crippen LogP contribution in [0.15, 0.2) is 36.4 Å². The summed E-state index contributed by atoms with van der Waals surface area (Å²) in [5.41, 5.74) is 2.68. The number of aryl methyl sites for hydroxylation is 1. The SMILES string of the molecule is O=C(CCCc1ccccc1)N1CCC[C@H](c2cc(C(=O)N3CCOCC3)n[nH]2)C1. The van der Waals surface area contributed by atoms with Gasteiger partial charge < -0.3 is 14.5 Å². The second-order valence-electron chi connectivity index (χ2n) is 8.13. The van der Waals surface area contributed by atoms with Crippen molar-refractivity contribution in [2.45, 2.75) is 38.0 Å². The molecule has 1 aromatic heterocycles. The molecule has 30 heavy (non-hydrogen) atoms. The summed E-state index contributed by atoms with van der Waals surface area (Å²) in [7, 11) is 0. The molecule has 0 spiro atoms. The fraction of sp³-hybridized carbons (Fsp3) is 0.522. The number of piperidine rings is 1. The number of rotatable bonds is 6. The third-order valence-electron chi connectivity index (χ3n) is 6.03. The number of carbonyl (C=O) groups excluding carboxylic acids is 2. The zero-order valence-corrected chi connectivity index (χ0v) is 17.4. The van der Waals surface area contributed by atoms with Gasteiger partial charge in [0.2, 0.25) is 5.91 Å². The van der Waals surface area contributed by atoms with Gasteiger partial charge in [0.1, 0.15) is 5.69 Å². The van der Waals surface area contributed by atoms with Crippen molar-refractivity contribution < 1.29 is 14.3 Å². The number of aromatic nitrogens is 2. The number of hydrogen-bond acceptors (Lipinski definition) is 4. The van der Waals surface area contributed by atoms with Crippen molar-refractivity contribution in [2.24, 2.45) is 0 Å². The third kappa shape index (κ3) is 5.08. The van der Waals surface area contributed by atoms with Crippen LogP contribution in [0.2, 0.25) is 0 Å². The Morgan fingerprint density at radius 2 is 1.90 bits per heavy atom. The Morgan fingerprint density at radius 1 is 1.10 bits per heavy atom. The largest absolute Gasteiger partial charge is 0.378 e. The van der Waals surface area contributed by atoms with Crippen LogP contribution in [-0.4, -0.2) is 71.2 Å². The van der Waals surface area contributed by atoms with Crippen LogP contribution in [0.5, 0.6) is 0 Å². The summed E-state index contributed by atoms with van der Waals surface area (Å²) in [6.07, 6.45) is 4.34. The van der Waals surface area contributed by atoms with Gasteiger partial charge in [0.15, 0.2) is 0 Å². The Labute approximate surface area is 177 Å². The maximum absolute atomic E-state index is 12.7. The number of hydrogen-bond donors (Lipinski definition) is 1. The van der Waals surface area contributed by atoms with E-state index in [2.05, 4.69) is 22.3 Å². The molecule has 0 radical (unpaired) electrons. The van der Waals surface area contributed by atoms with Crippen molar-refractivity contribution in [3.05, 3.63) is 53.3 Å². The number of aromatic amines is 1. The molecule has 160 valence electrons. The molecule has 0 bridgehead atoms. The third-order valence-corrected chi connectivity index (χ3v) is 6.03. The highest BCUT2D eigenvalue weighted by Crippen LogP contribution is 2.27. The second kappa shape index (κ2) is 9.89. The average molecular weight is 411 g/mol. The van der Waals surface area contributed by atoms with Crippen LogP contribution >= 0.6 is 0 Å². The summed E-state index contributed by atoms with van der Waals surface area (Å²) < 4.78 is 5.31. The Balaban J connectivity index is 1.29. The van der Waals surface area contributed by atoms with E-state index in [1.54, 1.807) is 4.90 Å². The molecule has 1 N–H and O–H groups in total. The smallest absolute Gasteiger partial charge is 0.274 e. The van der Waals surface area contributed by atoms with Gasteiger partial charge in [-0.3, -0.25) is 14.7 Å².